The van der Waals surface area contributed by atoms with E-state index in [1.54, 1.807) is 11.3 Å². The van der Waals surface area contributed by atoms with E-state index in [1.165, 1.54) is 0 Å². The molecule has 4 rings (SSSR count). The van der Waals surface area contributed by atoms with Gasteiger partial charge in [-0.05, 0) is 36.8 Å². The number of carbonyl (C=O) groups excluding carboxylic acids is 1. The molecule has 7 heteroatoms. The van der Waals surface area contributed by atoms with Gasteiger partial charge in [-0.1, -0.05) is 45.5 Å². The molecule has 2 heterocycles. The van der Waals surface area contributed by atoms with Crippen LogP contribution >= 0.6 is 27.3 Å². The predicted octanol–water partition coefficient (Wildman–Crippen LogP) is 4.35. The topological polar surface area (TPSA) is 45.7 Å². The molecule has 0 aliphatic carbocycles. The second kappa shape index (κ2) is 8.69. The van der Waals surface area contributed by atoms with Gasteiger partial charge < -0.3 is 4.74 Å². The average molecular weight is 460 g/mol. The standard InChI is InChI=1S/C21H22BrN3O2S/c1-15-4-2-7-18-19(15)23-21(28-18)25(9-8-24-10-12-27-13-11-24)20(26)16-5-3-6-17(22)14-16/h2-7,14H,8-13H2,1H3. The van der Waals surface area contributed by atoms with E-state index in [9.17, 15) is 4.79 Å². The molecule has 0 bridgehead atoms. The quantitative estimate of drug-likeness (QED) is 0.568. The number of amides is 1. The number of hydrogen-bond acceptors (Lipinski definition) is 5. The Kier molecular flexibility index (Phi) is 6.06. The summed E-state index contributed by atoms with van der Waals surface area (Å²) in [5.41, 5.74) is 2.76. The van der Waals surface area contributed by atoms with E-state index in [1.807, 2.05) is 35.2 Å². The number of thiazole rings is 1. The predicted molar refractivity (Wildman–Crippen MR) is 117 cm³/mol. The summed E-state index contributed by atoms with van der Waals surface area (Å²) >= 11 is 5.04. The first-order valence-electron chi connectivity index (χ1n) is 9.35. The van der Waals surface area contributed by atoms with E-state index in [2.05, 4.69) is 39.9 Å². The molecule has 5 nitrogen and oxygen atoms in total. The van der Waals surface area contributed by atoms with Gasteiger partial charge in [-0.15, -0.1) is 0 Å². The smallest absolute Gasteiger partial charge is 0.260 e. The number of carbonyl (C=O) groups is 1. The van der Waals surface area contributed by atoms with Crippen LogP contribution in [0.2, 0.25) is 0 Å². The maximum Gasteiger partial charge on any atom is 0.260 e. The Morgan fingerprint density at radius 2 is 2.04 bits per heavy atom. The van der Waals surface area contributed by atoms with E-state index in [4.69, 9.17) is 9.72 Å². The lowest BCUT2D eigenvalue weighted by molar-refractivity contribution is 0.0391. The van der Waals surface area contributed by atoms with Crippen molar-refractivity contribution >= 4 is 48.5 Å². The van der Waals surface area contributed by atoms with Gasteiger partial charge in [-0.3, -0.25) is 14.6 Å². The molecule has 1 aromatic heterocycles. The first-order valence-corrected chi connectivity index (χ1v) is 11.0. The molecule has 0 spiro atoms. The van der Waals surface area contributed by atoms with Gasteiger partial charge in [0.25, 0.3) is 5.91 Å². The molecular formula is C21H22BrN3O2S. The SMILES string of the molecule is Cc1cccc2sc(N(CCN3CCOCC3)C(=O)c3cccc(Br)c3)nc12. The normalized spacial score (nSPS) is 15.1. The summed E-state index contributed by atoms with van der Waals surface area (Å²) in [5, 5.41) is 0.752. The van der Waals surface area contributed by atoms with Crippen LogP contribution in [0.15, 0.2) is 46.9 Å². The Hall–Kier alpha value is -1.80. The molecular weight excluding hydrogens is 438 g/mol. The molecule has 1 amide bonds. The maximum absolute atomic E-state index is 13.4. The van der Waals surface area contributed by atoms with Crippen molar-refractivity contribution in [3.05, 3.63) is 58.1 Å². The van der Waals surface area contributed by atoms with Crippen LogP contribution < -0.4 is 4.90 Å². The highest BCUT2D eigenvalue weighted by atomic mass is 79.9. The van der Waals surface area contributed by atoms with Crippen LogP contribution in [-0.2, 0) is 4.74 Å². The highest BCUT2D eigenvalue weighted by molar-refractivity contribution is 9.10. The van der Waals surface area contributed by atoms with Crippen LogP contribution in [0.5, 0.6) is 0 Å². The van der Waals surface area contributed by atoms with Crippen LogP contribution in [-0.4, -0.2) is 55.2 Å². The van der Waals surface area contributed by atoms with Crippen molar-refractivity contribution in [1.29, 1.82) is 0 Å². The molecule has 2 aromatic carbocycles. The third kappa shape index (κ3) is 4.27. The Balaban J connectivity index is 1.65. The molecule has 0 atom stereocenters. The molecule has 3 aromatic rings. The number of halogens is 1. The fraction of sp³-hybridized carbons (Fsp3) is 0.333. The van der Waals surface area contributed by atoms with Gasteiger partial charge in [0.05, 0.1) is 23.4 Å². The molecule has 146 valence electrons. The van der Waals surface area contributed by atoms with Crippen LogP contribution in [0, 0.1) is 6.92 Å². The minimum Gasteiger partial charge on any atom is -0.379 e. The number of nitrogens with zero attached hydrogens (tertiary/aromatic N) is 3. The zero-order chi connectivity index (χ0) is 19.5. The first kappa shape index (κ1) is 19.5. The summed E-state index contributed by atoms with van der Waals surface area (Å²) in [6.07, 6.45) is 0. The van der Waals surface area contributed by atoms with E-state index in [0.717, 1.165) is 58.2 Å². The molecule has 28 heavy (non-hydrogen) atoms. The van der Waals surface area contributed by atoms with Crippen molar-refractivity contribution in [2.75, 3.05) is 44.3 Å². The molecule has 0 radical (unpaired) electrons. The molecule has 0 unspecified atom stereocenters. The van der Waals surface area contributed by atoms with Gasteiger partial charge in [0.2, 0.25) is 0 Å². The van der Waals surface area contributed by atoms with E-state index < -0.39 is 0 Å². The monoisotopic (exact) mass is 459 g/mol. The number of hydrogen-bond donors (Lipinski definition) is 0. The largest absolute Gasteiger partial charge is 0.379 e. The number of anilines is 1. The van der Waals surface area contributed by atoms with E-state index in [0.29, 0.717) is 12.1 Å². The van der Waals surface area contributed by atoms with Gasteiger partial charge in [-0.25, -0.2) is 4.98 Å². The van der Waals surface area contributed by atoms with Crippen molar-refractivity contribution in [1.82, 2.24) is 9.88 Å². The van der Waals surface area contributed by atoms with Crippen molar-refractivity contribution in [2.24, 2.45) is 0 Å². The number of para-hydroxylation sites is 1. The minimum atomic E-state index is -0.0220. The summed E-state index contributed by atoms with van der Waals surface area (Å²) in [6.45, 7) is 6.76. The zero-order valence-electron chi connectivity index (χ0n) is 15.7. The van der Waals surface area contributed by atoms with E-state index >= 15 is 0 Å². The molecule has 1 aliphatic heterocycles. The minimum absolute atomic E-state index is 0.0220. The lowest BCUT2D eigenvalue weighted by Gasteiger charge is -2.29. The van der Waals surface area contributed by atoms with Crippen molar-refractivity contribution in [2.45, 2.75) is 6.92 Å². The number of morpholine rings is 1. The Morgan fingerprint density at radius 3 is 2.79 bits per heavy atom. The fourth-order valence-corrected chi connectivity index (χ4v) is 4.78. The zero-order valence-corrected chi connectivity index (χ0v) is 18.1. The van der Waals surface area contributed by atoms with Crippen LogP contribution in [0.3, 0.4) is 0 Å². The lowest BCUT2D eigenvalue weighted by Crippen LogP contribution is -2.43. The Labute approximate surface area is 177 Å². The third-order valence-electron chi connectivity index (χ3n) is 4.90. The highest BCUT2D eigenvalue weighted by Crippen LogP contribution is 2.31. The van der Waals surface area contributed by atoms with Gasteiger partial charge in [0, 0.05) is 36.2 Å². The number of aryl methyl sites for hydroxylation is 1. The maximum atomic E-state index is 13.4. The van der Waals surface area contributed by atoms with Gasteiger partial charge in [0.15, 0.2) is 5.13 Å². The molecule has 1 fully saturated rings. The van der Waals surface area contributed by atoms with E-state index in [-0.39, 0.29) is 5.91 Å². The summed E-state index contributed by atoms with van der Waals surface area (Å²) in [4.78, 5) is 22.3. The number of fused-ring (bicyclic) bond motifs is 1. The van der Waals surface area contributed by atoms with Crippen LogP contribution in [0.4, 0.5) is 5.13 Å². The Bertz CT molecular complexity index is 985. The van der Waals surface area contributed by atoms with Crippen LogP contribution in [0.1, 0.15) is 15.9 Å². The summed E-state index contributed by atoms with van der Waals surface area (Å²) < 4.78 is 7.44. The second-order valence-corrected chi connectivity index (χ2v) is 8.76. The average Bonchev–Trinajstić information content (AvgIpc) is 3.14. The highest BCUT2D eigenvalue weighted by Gasteiger charge is 2.23. The Morgan fingerprint density at radius 1 is 1.25 bits per heavy atom. The van der Waals surface area contributed by atoms with Gasteiger partial charge in [-0.2, -0.15) is 0 Å². The second-order valence-electron chi connectivity index (χ2n) is 6.84. The number of benzene rings is 2. The molecule has 0 N–H and O–H groups in total. The van der Waals surface area contributed by atoms with Gasteiger partial charge >= 0.3 is 0 Å². The fourth-order valence-electron chi connectivity index (χ4n) is 3.32. The number of aromatic nitrogens is 1. The molecule has 1 saturated heterocycles. The lowest BCUT2D eigenvalue weighted by atomic mass is 10.2. The van der Waals surface area contributed by atoms with Crippen LogP contribution in [0.25, 0.3) is 10.2 Å². The number of ether oxygens (including phenoxy) is 1. The van der Waals surface area contributed by atoms with Crippen molar-refractivity contribution < 1.29 is 9.53 Å². The summed E-state index contributed by atoms with van der Waals surface area (Å²) in [5.74, 6) is -0.0220. The van der Waals surface area contributed by atoms with Crippen molar-refractivity contribution in [3.8, 4) is 0 Å². The molecule has 1 aliphatic rings. The number of rotatable bonds is 5. The van der Waals surface area contributed by atoms with Crippen molar-refractivity contribution in [3.63, 3.8) is 0 Å². The third-order valence-corrected chi connectivity index (χ3v) is 6.44. The summed E-state index contributed by atoms with van der Waals surface area (Å²) in [7, 11) is 0. The van der Waals surface area contributed by atoms with Gasteiger partial charge in [0.1, 0.15) is 0 Å². The summed E-state index contributed by atoms with van der Waals surface area (Å²) in [6, 6.07) is 13.7. The first-order chi connectivity index (χ1) is 13.6. The molecule has 0 saturated carbocycles.